The maximum atomic E-state index is 11.3. The predicted octanol–water partition coefficient (Wildman–Crippen LogP) is 1.93. The van der Waals surface area contributed by atoms with Gasteiger partial charge in [0.15, 0.2) is 0 Å². The number of carboxylic acid groups (broad SMARTS) is 3. The highest BCUT2D eigenvalue weighted by atomic mass is 16.4. The number of hydrogen-bond donors (Lipinski definition) is 3. The Kier molecular flexibility index (Phi) is 2.92. The van der Waals surface area contributed by atoms with Crippen LogP contribution in [0, 0.1) is 0 Å². The van der Waals surface area contributed by atoms with Crippen LogP contribution in [0.15, 0.2) is 30.3 Å². The van der Waals surface area contributed by atoms with Crippen LogP contribution >= 0.6 is 0 Å². The van der Waals surface area contributed by atoms with Crippen molar-refractivity contribution in [3.63, 3.8) is 0 Å². The second kappa shape index (κ2) is 4.41. The number of carbonyl (C=O) groups is 3. The Balaban J connectivity index is 3.04. The fourth-order valence-electron chi connectivity index (χ4n) is 1.96. The molecular weight excluding hydrogens is 252 g/mol. The number of hydrogen-bond acceptors (Lipinski definition) is 3. The van der Waals surface area contributed by atoms with Crippen molar-refractivity contribution < 1.29 is 29.7 Å². The van der Waals surface area contributed by atoms with Gasteiger partial charge < -0.3 is 15.3 Å². The van der Waals surface area contributed by atoms with Crippen LogP contribution < -0.4 is 0 Å². The lowest BCUT2D eigenvalue weighted by Crippen LogP contribution is -2.15. The fraction of sp³-hybridized carbons (Fsp3) is 0. The van der Waals surface area contributed by atoms with Gasteiger partial charge in [-0.15, -0.1) is 0 Å². The lowest BCUT2D eigenvalue weighted by molar-refractivity contribution is 0.0634. The number of carboxylic acids is 3. The van der Waals surface area contributed by atoms with Gasteiger partial charge in [-0.3, -0.25) is 0 Å². The molecule has 0 aliphatic heterocycles. The number of aromatic carboxylic acids is 3. The Bertz CT molecular complexity index is 716. The van der Waals surface area contributed by atoms with Crippen molar-refractivity contribution in [2.75, 3.05) is 0 Å². The average molecular weight is 260 g/mol. The summed E-state index contributed by atoms with van der Waals surface area (Å²) in [4.78, 5) is 33.5. The van der Waals surface area contributed by atoms with E-state index in [1.54, 1.807) is 12.1 Å². The molecule has 6 nitrogen and oxygen atoms in total. The molecule has 0 bridgehead atoms. The summed E-state index contributed by atoms with van der Waals surface area (Å²) in [6.07, 6.45) is 0. The van der Waals surface area contributed by atoms with Gasteiger partial charge in [-0.05, 0) is 16.8 Å². The van der Waals surface area contributed by atoms with Crippen molar-refractivity contribution in [1.82, 2.24) is 0 Å². The largest absolute Gasteiger partial charge is 0.478 e. The maximum Gasteiger partial charge on any atom is 0.337 e. The van der Waals surface area contributed by atoms with E-state index in [9.17, 15) is 14.4 Å². The molecule has 96 valence electrons. The zero-order valence-electron chi connectivity index (χ0n) is 9.45. The fourth-order valence-corrected chi connectivity index (χ4v) is 1.96. The van der Waals surface area contributed by atoms with E-state index in [2.05, 4.69) is 0 Å². The SMILES string of the molecule is O=C(O)c1cc2ccccc2c(C(=O)O)c1C(=O)O. The molecule has 0 spiro atoms. The molecule has 0 fully saturated rings. The highest BCUT2D eigenvalue weighted by Gasteiger charge is 2.26. The summed E-state index contributed by atoms with van der Waals surface area (Å²) in [6.45, 7) is 0. The standard InChI is InChI=1S/C13H8O6/c14-11(15)8-5-6-3-1-2-4-7(6)9(12(16)17)10(8)13(18)19/h1-5H,(H,14,15)(H,16,17)(H,18,19). The summed E-state index contributed by atoms with van der Waals surface area (Å²) >= 11 is 0. The lowest BCUT2D eigenvalue weighted by atomic mass is 9.94. The van der Waals surface area contributed by atoms with Crippen molar-refractivity contribution in [3.8, 4) is 0 Å². The molecule has 3 N–H and O–H groups in total. The van der Waals surface area contributed by atoms with E-state index in [1.807, 2.05) is 0 Å². The molecule has 0 heterocycles. The Morgan fingerprint density at radius 3 is 1.89 bits per heavy atom. The Morgan fingerprint density at radius 1 is 0.789 bits per heavy atom. The topological polar surface area (TPSA) is 112 Å². The lowest BCUT2D eigenvalue weighted by Gasteiger charge is -2.09. The van der Waals surface area contributed by atoms with E-state index in [4.69, 9.17) is 15.3 Å². The molecule has 0 amide bonds. The van der Waals surface area contributed by atoms with E-state index in [0.717, 1.165) is 6.07 Å². The first-order valence-electron chi connectivity index (χ1n) is 5.19. The van der Waals surface area contributed by atoms with Gasteiger partial charge >= 0.3 is 17.9 Å². The minimum absolute atomic E-state index is 0.192. The third-order valence-electron chi connectivity index (χ3n) is 2.71. The van der Waals surface area contributed by atoms with Gasteiger partial charge in [-0.1, -0.05) is 24.3 Å². The molecule has 0 saturated heterocycles. The van der Waals surface area contributed by atoms with Gasteiger partial charge in [0, 0.05) is 0 Å². The molecule has 0 radical (unpaired) electrons. The molecule has 0 atom stereocenters. The van der Waals surface area contributed by atoms with Crippen LogP contribution in [0.2, 0.25) is 0 Å². The first-order chi connectivity index (χ1) is 8.93. The quantitative estimate of drug-likeness (QED) is 0.777. The maximum absolute atomic E-state index is 11.3. The van der Waals surface area contributed by atoms with Gasteiger partial charge in [-0.2, -0.15) is 0 Å². The highest BCUT2D eigenvalue weighted by Crippen LogP contribution is 2.26. The molecule has 2 rings (SSSR count). The van der Waals surface area contributed by atoms with Gasteiger partial charge in [0.1, 0.15) is 0 Å². The van der Waals surface area contributed by atoms with Crippen LogP contribution in [-0.4, -0.2) is 33.2 Å². The van der Waals surface area contributed by atoms with Crippen molar-refractivity contribution >= 4 is 28.7 Å². The summed E-state index contributed by atoms with van der Waals surface area (Å²) in [7, 11) is 0. The van der Waals surface area contributed by atoms with E-state index in [1.165, 1.54) is 12.1 Å². The summed E-state index contributed by atoms with van der Waals surface area (Å²) in [5, 5.41) is 27.8. The highest BCUT2D eigenvalue weighted by molar-refractivity contribution is 6.16. The van der Waals surface area contributed by atoms with Crippen LogP contribution in [0.25, 0.3) is 10.8 Å². The normalized spacial score (nSPS) is 10.3. The number of benzene rings is 2. The van der Waals surface area contributed by atoms with Crippen LogP contribution in [0.1, 0.15) is 31.1 Å². The zero-order chi connectivity index (χ0) is 14.2. The van der Waals surface area contributed by atoms with Gasteiger partial charge in [0.2, 0.25) is 0 Å². The molecule has 19 heavy (non-hydrogen) atoms. The first kappa shape index (κ1) is 12.6. The van der Waals surface area contributed by atoms with E-state index in [0.29, 0.717) is 5.39 Å². The first-order valence-corrected chi connectivity index (χ1v) is 5.19. The minimum atomic E-state index is -1.58. The molecule has 0 unspecified atom stereocenters. The molecule has 0 aliphatic carbocycles. The third kappa shape index (κ3) is 1.99. The number of fused-ring (bicyclic) bond motifs is 1. The van der Waals surface area contributed by atoms with E-state index in [-0.39, 0.29) is 5.39 Å². The number of rotatable bonds is 3. The smallest absolute Gasteiger partial charge is 0.337 e. The molecule has 0 aromatic heterocycles. The Morgan fingerprint density at radius 2 is 1.37 bits per heavy atom. The average Bonchev–Trinajstić information content (AvgIpc) is 2.35. The van der Waals surface area contributed by atoms with Crippen molar-refractivity contribution in [3.05, 3.63) is 47.0 Å². The third-order valence-corrected chi connectivity index (χ3v) is 2.71. The van der Waals surface area contributed by atoms with Gasteiger partial charge in [0.05, 0.1) is 16.7 Å². The molecule has 6 heteroatoms. The summed E-state index contributed by atoms with van der Waals surface area (Å²) < 4.78 is 0. The van der Waals surface area contributed by atoms with Gasteiger partial charge in [0.25, 0.3) is 0 Å². The van der Waals surface area contributed by atoms with Crippen LogP contribution in [0.5, 0.6) is 0 Å². The monoisotopic (exact) mass is 260 g/mol. The van der Waals surface area contributed by atoms with Crippen LogP contribution in [0.4, 0.5) is 0 Å². The summed E-state index contributed by atoms with van der Waals surface area (Å²) in [5.41, 5.74) is -1.76. The zero-order valence-corrected chi connectivity index (χ0v) is 9.45. The minimum Gasteiger partial charge on any atom is -0.478 e. The summed E-state index contributed by atoms with van der Waals surface area (Å²) in [5.74, 6) is -4.54. The Labute approximate surface area is 106 Å². The molecular formula is C13H8O6. The second-order valence-electron chi connectivity index (χ2n) is 3.81. The van der Waals surface area contributed by atoms with Crippen molar-refractivity contribution in [1.29, 1.82) is 0 Å². The van der Waals surface area contributed by atoms with E-state index < -0.39 is 34.6 Å². The van der Waals surface area contributed by atoms with Crippen LogP contribution in [0.3, 0.4) is 0 Å². The Hall–Kier alpha value is -2.89. The van der Waals surface area contributed by atoms with Crippen molar-refractivity contribution in [2.45, 2.75) is 0 Å². The van der Waals surface area contributed by atoms with Crippen molar-refractivity contribution in [2.24, 2.45) is 0 Å². The van der Waals surface area contributed by atoms with E-state index >= 15 is 0 Å². The second-order valence-corrected chi connectivity index (χ2v) is 3.81. The van der Waals surface area contributed by atoms with Crippen LogP contribution in [-0.2, 0) is 0 Å². The molecule has 0 saturated carbocycles. The molecule has 2 aromatic carbocycles. The summed E-state index contributed by atoms with van der Waals surface area (Å²) in [6, 6.07) is 7.30. The van der Waals surface area contributed by atoms with Gasteiger partial charge in [-0.25, -0.2) is 14.4 Å². The molecule has 2 aromatic rings. The molecule has 0 aliphatic rings. The predicted molar refractivity (Wildman–Crippen MR) is 64.8 cm³/mol.